The van der Waals surface area contributed by atoms with Crippen molar-refractivity contribution in [2.45, 2.75) is 18.8 Å². The summed E-state index contributed by atoms with van der Waals surface area (Å²) in [6, 6.07) is 4.58. The normalized spacial score (nSPS) is 38.2. The Morgan fingerprint density at radius 3 is 3.00 bits per heavy atom. The second-order valence-corrected chi connectivity index (χ2v) is 5.39. The molecule has 1 saturated heterocycles. The third kappa shape index (κ3) is 0.771. The summed E-state index contributed by atoms with van der Waals surface area (Å²) in [5.41, 5.74) is 0.582. The number of thiophene rings is 1. The highest BCUT2D eigenvalue weighted by Gasteiger charge is 2.58. The molecule has 0 spiro atoms. The van der Waals surface area contributed by atoms with Crippen molar-refractivity contribution in [2.75, 3.05) is 13.1 Å². The molecule has 2 atom stereocenters. The van der Waals surface area contributed by atoms with Gasteiger partial charge in [-0.05, 0) is 37.9 Å². The first-order valence-corrected chi connectivity index (χ1v) is 5.40. The largest absolute Gasteiger partial charge is 0.315 e. The molecule has 1 aromatic rings. The van der Waals surface area contributed by atoms with Crippen molar-refractivity contribution in [3.63, 3.8) is 0 Å². The highest BCUT2D eigenvalue weighted by atomic mass is 32.1. The SMILES string of the molecule is Cc1ccc(C23CNC[C@@H]2C3)s1. The first-order chi connectivity index (χ1) is 5.81. The van der Waals surface area contributed by atoms with Crippen LogP contribution >= 0.6 is 11.3 Å². The van der Waals surface area contributed by atoms with Gasteiger partial charge in [0.05, 0.1) is 0 Å². The van der Waals surface area contributed by atoms with Crippen LogP contribution in [0.5, 0.6) is 0 Å². The fourth-order valence-corrected chi connectivity index (χ4v) is 3.57. The van der Waals surface area contributed by atoms with E-state index in [1.165, 1.54) is 24.4 Å². The number of hydrogen-bond acceptors (Lipinski definition) is 2. The standard InChI is InChI=1S/C10H13NS/c1-7-2-3-9(12-7)10-4-8(10)5-11-6-10/h2-3,8,11H,4-6H2,1H3/t8-,10?/m0/s1. The molecular weight excluding hydrogens is 166 g/mol. The van der Waals surface area contributed by atoms with Gasteiger partial charge in [-0.3, -0.25) is 0 Å². The molecule has 2 heteroatoms. The number of piperidine rings is 1. The summed E-state index contributed by atoms with van der Waals surface area (Å²) < 4.78 is 0. The molecule has 2 aliphatic rings. The molecule has 2 heterocycles. The molecule has 64 valence electrons. The molecule has 1 N–H and O–H groups in total. The van der Waals surface area contributed by atoms with E-state index in [4.69, 9.17) is 0 Å². The molecule has 1 unspecified atom stereocenters. The summed E-state index contributed by atoms with van der Waals surface area (Å²) in [5.74, 6) is 0.954. The molecule has 1 aliphatic carbocycles. The Labute approximate surface area is 76.8 Å². The van der Waals surface area contributed by atoms with Crippen molar-refractivity contribution in [2.24, 2.45) is 5.92 Å². The third-order valence-electron chi connectivity index (χ3n) is 3.29. The van der Waals surface area contributed by atoms with E-state index in [-0.39, 0.29) is 0 Å². The van der Waals surface area contributed by atoms with Gasteiger partial charge in [-0.1, -0.05) is 0 Å². The molecule has 1 nitrogen and oxygen atoms in total. The first kappa shape index (κ1) is 7.10. The molecule has 1 saturated carbocycles. The predicted octanol–water partition coefficient (Wildman–Crippen LogP) is 1.92. The zero-order valence-electron chi connectivity index (χ0n) is 7.26. The summed E-state index contributed by atoms with van der Waals surface area (Å²) in [7, 11) is 0. The number of nitrogens with one attached hydrogen (secondary N) is 1. The molecule has 2 fully saturated rings. The smallest absolute Gasteiger partial charge is 0.0216 e. The Kier molecular flexibility index (Phi) is 1.25. The van der Waals surface area contributed by atoms with Crippen LogP contribution in [-0.2, 0) is 5.41 Å². The summed E-state index contributed by atoms with van der Waals surface area (Å²) in [6.07, 6.45) is 1.43. The van der Waals surface area contributed by atoms with Gasteiger partial charge in [0.15, 0.2) is 0 Å². The lowest BCUT2D eigenvalue weighted by molar-refractivity contribution is 0.685. The van der Waals surface area contributed by atoms with Gasteiger partial charge in [0, 0.05) is 21.7 Å². The summed E-state index contributed by atoms with van der Waals surface area (Å²) in [4.78, 5) is 3.08. The second kappa shape index (κ2) is 2.12. The van der Waals surface area contributed by atoms with Gasteiger partial charge in [-0.15, -0.1) is 11.3 Å². The Morgan fingerprint density at radius 2 is 2.50 bits per heavy atom. The van der Waals surface area contributed by atoms with E-state index in [9.17, 15) is 0 Å². The monoisotopic (exact) mass is 179 g/mol. The number of fused-ring (bicyclic) bond motifs is 1. The Hall–Kier alpha value is -0.340. The van der Waals surface area contributed by atoms with Gasteiger partial charge in [-0.25, -0.2) is 0 Å². The predicted molar refractivity (Wildman–Crippen MR) is 51.7 cm³/mol. The minimum absolute atomic E-state index is 0.582. The molecule has 12 heavy (non-hydrogen) atoms. The Morgan fingerprint density at radius 1 is 1.58 bits per heavy atom. The van der Waals surface area contributed by atoms with E-state index in [0.29, 0.717) is 5.41 Å². The van der Waals surface area contributed by atoms with Gasteiger partial charge in [0.2, 0.25) is 0 Å². The lowest BCUT2D eigenvalue weighted by Crippen LogP contribution is -2.18. The van der Waals surface area contributed by atoms with E-state index < -0.39 is 0 Å². The van der Waals surface area contributed by atoms with Gasteiger partial charge < -0.3 is 5.32 Å². The van der Waals surface area contributed by atoms with Crippen LogP contribution in [0.1, 0.15) is 16.2 Å². The maximum absolute atomic E-state index is 3.48. The number of rotatable bonds is 1. The number of aryl methyl sites for hydroxylation is 1. The second-order valence-electron chi connectivity index (χ2n) is 4.10. The van der Waals surface area contributed by atoms with Gasteiger partial charge in [0.25, 0.3) is 0 Å². The first-order valence-electron chi connectivity index (χ1n) is 4.59. The average molecular weight is 179 g/mol. The molecule has 0 amide bonds. The van der Waals surface area contributed by atoms with E-state index in [1.807, 2.05) is 11.3 Å². The van der Waals surface area contributed by atoms with E-state index in [0.717, 1.165) is 5.92 Å². The topological polar surface area (TPSA) is 12.0 Å². The van der Waals surface area contributed by atoms with Crippen LogP contribution in [-0.4, -0.2) is 13.1 Å². The average Bonchev–Trinajstić information content (AvgIpc) is 2.50. The van der Waals surface area contributed by atoms with Crippen molar-refractivity contribution in [1.29, 1.82) is 0 Å². The van der Waals surface area contributed by atoms with Crippen LogP contribution in [0.2, 0.25) is 0 Å². The zero-order valence-corrected chi connectivity index (χ0v) is 8.08. The van der Waals surface area contributed by atoms with Gasteiger partial charge in [0.1, 0.15) is 0 Å². The fourth-order valence-electron chi connectivity index (χ4n) is 2.43. The van der Waals surface area contributed by atoms with Crippen molar-refractivity contribution in [3.8, 4) is 0 Å². The fraction of sp³-hybridized carbons (Fsp3) is 0.600. The lowest BCUT2D eigenvalue weighted by atomic mass is 10.0. The molecule has 0 aromatic carbocycles. The van der Waals surface area contributed by atoms with Crippen LogP contribution in [0.3, 0.4) is 0 Å². The quantitative estimate of drug-likeness (QED) is 0.694. The number of hydrogen-bond donors (Lipinski definition) is 1. The minimum atomic E-state index is 0.582. The van der Waals surface area contributed by atoms with Crippen molar-refractivity contribution >= 4 is 11.3 Å². The lowest BCUT2D eigenvalue weighted by Gasteiger charge is -2.07. The van der Waals surface area contributed by atoms with E-state index >= 15 is 0 Å². The van der Waals surface area contributed by atoms with Gasteiger partial charge in [-0.2, -0.15) is 0 Å². The van der Waals surface area contributed by atoms with Crippen molar-refractivity contribution < 1.29 is 0 Å². The zero-order chi connectivity index (χ0) is 8.18. The minimum Gasteiger partial charge on any atom is -0.315 e. The maximum Gasteiger partial charge on any atom is 0.0216 e. The van der Waals surface area contributed by atoms with Crippen molar-refractivity contribution in [1.82, 2.24) is 5.32 Å². The van der Waals surface area contributed by atoms with Crippen LogP contribution in [0.25, 0.3) is 0 Å². The summed E-state index contributed by atoms with van der Waals surface area (Å²) in [6.45, 7) is 4.67. The van der Waals surface area contributed by atoms with Crippen LogP contribution in [0.4, 0.5) is 0 Å². The van der Waals surface area contributed by atoms with E-state index in [1.54, 1.807) is 4.88 Å². The Bertz CT molecular complexity index is 317. The van der Waals surface area contributed by atoms with Crippen LogP contribution < -0.4 is 5.32 Å². The van der Waals surface area contributed by atoms with Crippen LogP contribution in [0.15, 0.2) is 12.1 Å². The highest BCUT2D eigenvalue weighted by molar-refractivity contribution is 7.12. The summed E-state index contributed by atoms with van der Waals surface area (Å²) in [5, 5.41) is 3.48. The van der Waals surface area contributed by atoms with E-state index in [2.05, 4.69) is 24.4 Å². The Balaban J connectivity index is 1.99. The molecule has 1 aromatic heterocycles. The summed E-state index contributed by atoms with van der Waals surface area (Å²) >= 11 is 1.99. The molecule has 0 radical (unpaired) electrons. The van der Waals surface area contributed by atoms with Gasteiger partial charge >= 0.3 is 0 Å². The molecule has 1 aliphatic heterocycles. The highest BCUT2D eigenvalue weighted by Crippen LogP contribution is 2.57. The molecule has 3 rings (SSSR count). The molecule has 0 bridgehead atoms. The maximum atomic E-state index is 3.48. The third-order valence-corrected chi connectivity index (χ3v) is 4.51. The van der Waals surface area contributed by atoms with Crippen molar-refractivity contribution in [3.05, 3.63) is 21.9 Å². The molecular formula is C10H13NS. The van der Waals surface area contributed by atoms with Crippen LogP contribution in [0, 0.1) is 12.8 Å².